The number of rotatable bonds is 12. The zero-order valence-corrected chi connectivity index (χ0v) is 48.6. The molecule has 0 saturated heterocycles. The molecule has 0 N–H and O–H groups in total. The van der Waals surface area contributed by atoms with Crippen molar-refractivity contribution in [2.75, 3.05) is 0 Å². The summed E-state index contributed by atoms with van der Waals surface area (Å²) in [6, 6.07) is 74.7. The summed E-state index contributed by atoms with van der Waals surface area (Å²) in [5.41, 5.74) is 5.97. The Balaban J connectivity index is 0.00000787. The second kappa shape index (κ2) is 22.1. The van der Waals surface area contributed by atoms with Gasteiger partial charge in [0.05, 0.1) is 30.4 Å². The molecule has 14 rings (SSSR count). The minimum Gasteiger partial charge on any atom is -0.510 e. The predicted octanol–water partition coefficient (Wildman–Crippen LogP) is 15.3. The van der Waals surface area contributed by atoms with E-state index in [2.05, 4.69) is 159 Å². The zero-order valence-electron chi connectivity index (χ0n) is 55.4. The van der Waals surface area contributed by atoms with Gasteiger partial charge in [-0.3, -0.25) is 4.57 Å². The van der Waals surface area contributed by atoms with E-state index in [1.54, 1.807) is 33.4 Å². The summed E-state index contributed by atoms with van der Waals surface area (Å²) in [6.07, 6.45) is 5.42. The molecule has 3 heterocycles. The Morgan fingerprint density at radius 1 is 0.494 bits per heavy atom. The zero-order chi connectivity index (χ0) is 63.9. The summed E-state index contributed by atoms with van der Waals surface area (Å²) in [5.74, 6) is 1.50. The molecule has 402 valence electrons. The van der Waals surface area contributed by atoms with Gasteiger partial charge in [-0.15, -0.1) is 29.7 Å². The van der Waals surface area contributed by atoms with Crippen molar-refractivity contribution in [1.29, 1.82) is 0 Å². The van der Waals surface area contributed by atoms with Gasteiger partial charge in [-0.1, -0.05) is 251 Å². The standard InChI is InChI=1S/C76H56N4OSi.Pt/c1-76(2,3)58-46-47-77-74(50-58)80-70-41-20-19-38-68(70)69-44-43-61(52-72(69)80)81-60-30-22-29-59(51-60)78-53-79(75-66(54-24-9-4-10-25-54)39-23-40-67(75)55-26-11-5-12-27-55)73-49-57(42-45-71(73)78)56-28-21-37-65(48-56)82(62-31-13-6-14-32-62,63-33-15-7-16-34-63)64-35-17-8-18-36-64;/h4-50H,1-3H3;/q-2;/i4D,5D,9D,10D,11D,12D,24D,25D,26D,27D;. The maximum Gasteiger partial charge on any atom is 0.268 e. The molecule has 5 nitrogen and oxygen atoms in total. The van der Waals surface area contributed by atoms with E-state index in [-0.39, 0.29) is 54.4 Å². The second-order valence-corrected chi connectivity index (χ2v) is 25.0. The van der Waals surface area contributed by atoms with E-state index in [4.69, 9.17) is 17.9 Å². The van der Waals surface area contributed by atoms with Gasteiger partial charge in [-0.2, -0.15) is 18.2 Å². The average Bonchev–Trinajstić information content (AvgIpc) is 1.73. The molecule has 7 heteroatoms. The van der Waals surface area contributed by atoms with Crippen LogP contribution in [0.15, 0.2) is 285 Å². The number of ether oxygens (including phenoxy) is 1. The van der Waals surface area contributed by atoms with Crippen LogP contribution in [0.3, 0.4) is 0 Å². The van der Waals surface area contributed by atoms with Crippen molar-refractivity contribution >= 4 is 61.7 Å². The number of aromatic nitrogens is 4. The number of para-hydroxylation sites is 2. The van der Waals surface area contributed by atoms with Crippen LogP contribution in [0.1, 0.15) is 40.0 Å². The summed E-state index contributed by atoms with van der Waals surface area (Å²) >= 11 is 0. The van der Waals surface area contributed by atoms with Crippen LogP contribution in [0.25, 0.3) is 83.4 Å². The van der Waals surface area contributed by atoms with Gasteiger partial charge < -0.3 is 13.9 Å². The molecule has 83 heavy (non-hydrogen) atoms. The topological polar surface area (TPSA) is 35.9 Å². The smallest absolute Gasteiger partial charge is 0.268 e. The molecule has 0 unspecified atom stereocenters. The van der Waals surface area contributed by atoms with E-state index in [0.29, 0.717) is 28.2 Å². The molecule has 0 aliphatic carbocycles. The van der Waals surface area contributed by atoms with Gasteiger partial charge in [0.2, 0.25) is 0 Å². The van der Waals surface area contributed by atoms with Crippen molar-refractivity contribution in [1.82, 2.24) is 14.1 Å². The van der Waals surface area contributed by atoms with Gasteiger partial charge in [-0.25, -0.2) is 4.98 Å². The number of hydrogen-bond acceptors (Lipinski definition) is 2. The van der Waals surface area contributed by atoms with Crippen LogP contribution in [0, 0.1) is 18.5 Å². The van der Waals surface area contributed by atoms with Gasteiger partial charge in [0.1, 0.15) is 5.82 Å². The van der Waals surface area contributed by atoms with E-state index in [9.17, 15) is 5.48 Å². The third kappa shape index (κ3) is 9.64. The third-order valence-electron chi connectivity index (χ3n) is 15.3. The van der Waals surface area contributed by atoms with Gasteiger partial charge in [0.25, 0.3) is 6.33 Å². The molecule has 0 spiro atoms. The molecule has 0 aliphatic rings. The normalized spacial score (nSPS) is 13.4. The quantitative estimate of drug-likeness (QED) is 0.0529. The monoisotopic (exact) mass is 1270 g/mol. The number of benzene rings is 11. The minimum atomic E-state index is -3.04. The molecule has 0 atom stereocenters. The summed E-state index contributed by atoms with van der Waals surface area (Å²) in [6.45, 7) is 6.52. The molecule has 0 aliphatic heterocycles. The van der Waals surface area contributed by atoms with E-state index in [1.165, 1.54) is 15.6 Å². The largest absolute Gasteiger partial charge is 0.510 e. The number of hydrogen-bond donors (Lipinski definition) is 0. The molecule has 11 aromatic carbocycles. The molecule has 0 fully saturated rings. The second-order valence-electron chi connectivity index (χ2n) is 21.2. The fourth-order valence-electron chi connectivity index (χ4n) is 11.5. The van der Waals surface area contributed by atoms with E-state index in [0.717, 1.165) is 49.5 Å². The van der Waals surface area contributed by atoms with E-state index < -0.39 is 68.5 Å². The Kier molecular flexibility index (Phi) is 11.3. The van der Waals surface area contributed by atoms with E-state index >= 15 is 0 Å². The van der Waals surface area contributed by atoms with Crippen LogP contribution in [-0.4, -0.2) is 22.2 Å². The first-order valence-electron chi connectivity index (χ1n) is 32.1. The molecule has 14 aromatic rings. The molecular formula is C76H56N4OPtSi-2. The fraction of sp³-hybridized carbons (Fsp3) is 0.0526. The first-order valence-corrected chi connectivity index (χ1v) is 29.1. The summed E-state index contributed by atoms with van der Waals surface area (Å²) in [5, 5.41) is 6.72. The maximum absolute atomic E-state index is 9.39. The van der Waals surface area contributed by atoms with E-state index in [1.807, 2.05) is 85.1 Å². The molecular weight excluding hydrogens is 1210 g/mol. The van der Waals surface area contributed by atoms with Crippen LogP contribution < -0.4 is 30.1 Å². The number of pyridine rings is 1. The SMILES string of the molecule is [2H]c1c([2H])c([2H])c(-c2cccc(-c3c([2H])c([2H])c([2H])c([2H])c3[2H])c2-[n+]2[c-]n(-c3[c-]c(Oc4[c-]c5c(cc4)c4ccccc4n5-c4cc(C(C)(C)C)ccn4)ccc3)c3ccc(-c4cccc([Si](c5ccccc5)(c5ccccc5)c5ccccc5)c4)cc32)c([2H])c1[2H].[Pt]. The van der Waals surface area contributed by atoms with Crippen molar-refractivity contribution in [2.24, 2.45) is 0 Å². The Morgan fingerprint density at radius 2 is 1.07 bits per heavy atom. The molecule has 0 radical (unpaired) electrons. The Hall–Kier alpha value is -9.45. The Labute approximate surface area is 514 Å². The van der Waals surface area contributed by atoms with Crippen molar-refractivity contribution in [3.8, 4) is 62.1 Å². The minimum absolute atomic E-state index is 0. The van der Waals surface area contributed by atoms with Gasteiger partial charge in [0.15, 0.2) is 8.07 Å². The van der Waals surface area contributed by atoms with Gasteiger partial charge >= 0.3 is 0 Å². The van der Waals surface area contributed by atoms with Crippen LogP contribution in [0.5, 0.6) is 11.5 Å². The first kappa shape index (κ1) is 42.4. The molecule has 0 amide bonds. The number of imidazole rings is 1. The predicted molar refractivity (Wildman–Crippen MR) is 339 cm³/mol. The Bertz CT molecular complexity index is 5030. The third-order valence-corrected chi connectivity index (χ3v) is 20.1. The van der Waals surface area contributed by atoms with Crippen molar-refractivity contribution in [2.45, 2.75) is 26.2 Å². The molecule has 3 aromatic heterocycles. The van der Waals surface area contributed by atoms with Crippen molar-refractivity contribution in [3.63, 3.8) is 0 Å². The van der Waals surface area contributed by atoms with Crippen LogP contribution in [0.2, 0.25) is 0 Å². The van der Waals surface area contributed by atoms with Crippen LogP contribution in [-0.2, 0) is 26.5 Å². The Morgan fingerprint density at radius 3 is 1.72 bits per heavy atom. The van der Waals surface area contributed by atoms with Gasteiger partial charge in [-0.05, 0) is 100 Å². The summed E-state index contributed by atoms with van der Waals surface area (Å²) in [4.78, 5) is 4.86. The summed E-state index contributed by atoms with van der Waals surface area (Å²) < 4.78 is 103. The first-order chi connectivity index (χ1) is 44.4. The van der Waals surface area contributed by atoms with Crippen LogP contribution in [0.4, 0.5) is 0 Å². The van der Waals surface area contributed by atoms with Crippen molar-refractivity contribution < 1.29 is 44.1 Å². The number of nitrogens with zero attached hydrogens (tertiary/aromatic N) is 4. The number of fused-ring (bicyclic) bond motifs is 4. The van der Waals surface area contributed by atoms with Crippen molar-refractivity contribution in [3.05, 3.63) is 309 Å². The van der Waals surface area contributed by atoms with Gasteiger partial charge in [0, 0.05) is 44.3 Å². The molecule has 0 bridgehead atoms. The van der Waals surface area contributed by atoms with Crippen LogP contribution >= 0.6 is 0 Å². The summed E-state index contributed by atoms with van der Waals surface area (Å²) in [7, 11) is -3.04. The fourth-order valence-corrected chi connectivity index (χ4v) is 16.3. The molecule has 0 saturated carbocycles. The average molecular weight is 1270 g/mol. The maximum atomic E-state index is 9.39.